The van der Waals surface area contributed by atoms with Gasteiger partial charge in [-0.1, -0.05) is 18.2 Å². The summed E-state index contributed by atoms with van der Waals surface area (Å²) in [6.07, 6.45) is -4.39. The molecule has 0 aliphatic carbocycles. The minimum absolute atomic E-state index is 0.0869. The van der Waals surface area contributed by atoms with Crippen LogP contribution in [-0.2, 0) is 24.0 Å². The number of aliphatic imine (C=N–C) groups is 1. The molecule has 1 aliphatic heterocycles. The summed E-state index contributed by atoms with van der Waals surface area (Å²) in [5.41, 5.74) is 1.04. The minimum Gasteiger partial charge on any atom is -0.378 e. The summed E-state index contributed by atoms with van der Waals surface area (Å²) in [4.78, 5) is 6.30. The van der Waals surface area contributed by atoms with Crippen molar-refractivity contribution in [3.05, 3.63) is 65.0 Å². The van der Waals surface area contributed by atoms with Crippen LogP contribution in [0.15, 0.2) is 47.5 Å². The van der Waals surface area contributed by atoms with Crippen LogP contribution in [-0.4, -0.2) is 38.8 Å². The third kappa shape index (κ3) is 6.58. The van der Waals surface area contributed by atoms with E-state index in [9.17, 15) is 17.6 Å². The largest absolute Gasteiger partial charge is 0.416 e. The number of benzene rings is 2. The van der Waals surface area contributed by atoms with Crippen LogP contribution in [0.25, 0.3) is 0 Å². The average Bonchev–Trinajstić information content (AvgIpc) is 2.76. The normalized spacial score (nSPS) is 15.1. The second kappa shape index (κ2) is 10.5. The lowest BCUT2D eigenvalue weighted by atomic mass is 10.1. The highest BCUT2D eigenvalue weighted by Gasteiger charge is 2.30. The second-order valence-corrected chi connectivity index (χ2v) is 7.13. The van der Waals surface area contributed by atoms with E-state index in [1.54, 1.807) is 12.1 Å². The first-order valence-corrected chi connectivity index (χ1v) is 10.2. The SMILES string of the molecule is CCNC(=NCc1cccc(C(F)(F)F)c1)NCc1ccc(N2CCOCC2)c(F)c1. The number of halogens is 4. The van der Waals surface area contributed by atoms with Crippen LogP contribution in [0.5, 0.6) is 0 Å². The Labute approximate surface area is 179 Å². The molecule has 31 heavy (non-hydrogen) atoms. The molecule has 1 fully saturated rings. The highest BCUT2D eigenvalue weighted by atomic mass is 19.4. The number of morpholine rings is 1. The predicted octanol–water partition coefficient (Wildman–Crippen LogP) is 3.94. The fraction of sp³-hybridized carbons (Fsp3) is 0.409. The van der Waals surface area contributed by atoms with E-state index in [1.807, 2.05) is 17.9 Å². The lowest BCUT2D eigenvalue weighted by molar-refractivity contribution is -0.137. The standard InChI is InChI=1S/C22H26F4N4O/c1-2-27-21(28-14-16-4-3-5-18(12-16)22(24,25)26)29-15-17-6-7-20(19(23)13-17)30-8-10-31-11-9-30/h3-7,12-13H,2,8-11,14-15H2,1H3,(H2,27,28,29). The molecule has 2 N–H and O–H groups in total. The number of nitrogens with zero attached hydrogens (tertiary/aromatic N) is 2. The number of nitrogens with one attached hydrogen (secondary N) is 2. The van der Waals surface area contributed by atoms with Crippen molar-refractivity contribution in [1.82, 2.24) is 10.6 Å². The van der Waals surface area contributed by atoms with Gasteiger partial charge in [0.2, 0.25) is 0 Å². The van der Waals surface area contributed by atoms with Crippen molar-refractivity contribution in [2.75, 3.05) is 37.7 Å². The molecule has 0 amide bonds. The Balaban J connectivity index is 1.63. The van der Waals surface area contributed by atoms with Gasteiger partial charge in [0.1, 0.15) is 5.82 Å². The molecule has 0 spiro atoms. The maximum atomic E-state index is 14.6. The maximum Gasteiger partial charge on any atom is 0.416 e. The highest BCUT2D eigenvalue weighted by Crippen LogP contribution is 2.29. The minimum atomic E-state index is -4.39. The number of hydrogen-bond acceptors (Lipinski definition) is 3. The summed E-state index contributed by atoms with van der Waals surface area (Å²) in [5, 5.41) is 6.14. The Bertz CT molecular complexity index is 895. The Kier molecular flexibility index (Phi) is 7.73. The van der Waals surface area contributed by atoms with Crippen LogP contribution in [0.3, 0.4) is 0 Å². The summed E-state index contributed by atoms with van der Waals surface area (Å²) >= 11 is 0. The third-order valence-electron chi connectivity index (χ3n) is 4.84. The monoisotopic (exact) mass is 438 g/mol. The second-order valence-electron chi connectivity index (χ2n) is 7.13. The van der Waals surface area contributed by atoms with Gasteiger partial charge in [0, 0.05) is 26.2 Å². The van der Waals surface area contributed by atoms with Crippen molar-refractivity contribution in [3.63, 3.8) is 0 Å². The number of hydrogen-bond donors (Lipinski definition) is 2. The van der Waals surface area contributed by atoms with E-state index in [0.717, 1.165) is 17.7 Å². The van der Waals surface area contributed by atoms with Gasteiger partial charge in [0.25, 0.3) is 0 Å². The number of ether oxygens (including phenoxy) is 1. The molecule has 3 rings (SSSR count). The Morgan fingerprint density at radius 1 is 1.06 bits per heavy atom. The zero-order valence-corrected chi connectivity index (χ0v) is 17.3. The van der Waals surface area contributed by atoms with Crippen molar-refractivity contribution in [3.8, 4) is 0 Å². The summed E-state index contributed by atoms with van der Waals surface area (Å²) in [6.45, 7) is 5.35. The highest BCUT2D eigenvalue weighted by molar-refractivity contribution is 5.79. The zero-order valence-electron chi connectivity index (χ0n) is 17.3. The van der Waals surface area contributed by atoms with Gasteiger partial charge in [-0.15, -0.1) is 0 Å². The molecule has 0 bridgehead atoms. The van der Waals surface area contributed by atoms with E-state index in [1.165, 1.54) is 12.1 Å². The van der Waals surface area contributed by atoms with Gasteiger partial charge in [-0.05, 0) is 42.3 Å². The predicted molar refractivity (Wildman–Crippen MR) is 113 cm³/mol. The van der Waals surface area contributed by atoms with Crippen molar-refractivity contribution in [2.45, 2.75) is 26.2 Å². The van der Waals surface area contributed by atoms with E-state index in [-0.39, 0.29) is 12.4 Å². The van der Waals surface area contributed by atoms with Crippen LogP contribution in [0, 0.1) is 5.82 Å². The van der Waals surface area contributed by atoms with Gasteiger partial charge in [-0.3, -0.25) is 0 Å². The quantitative estimate of drug-likeness (QED) is 0.408. The van der Waals surface area contributed by atoms with E-state index >= 15 is 0 Å². The molecule has 0 radical (unpaired) electrons. The van der Waals surface area contributed by atoms with Gasteiger partial charge in [0.05, 0.1) is 31.0 Å². The lowest BCUT2D eigenvalue weighted by Crippen LogP contribution is -2.37. The first-order valence-electron chi connectivity index (χ1n) is 10.2. The maximum absolute atomic E-state index is 14.6. The number of alkyl halides is 3. The van der Waals surface area contributed by atoms with Gasteiger partial charge in [-0.2, -0.15) is 13.2 Å². The molecule has 2 aromatic rings. The Morgan fingerprint density at radius 2 is 1.84 bits per heavy atom. The van der Waals surface area contributed by atoms with Crippen molar-refractivity contribution < 1.29 is 22.3 Å². The molecular weight excluding hydrogens is 412 g/mol. The zero-order chi connectivity index (χ0) is 22.3. The summed E-state index contributed by atoms with van der Waals surface area (Å²) in [6, 6.07) is 10.2. The van der Waals surface area contributed by atoms with Crippen LogP contribution < -0.4 is 15.5 Å². The fourth-order valence-corrected chi connectivity index (χ4v) is 3.26. The van der Waals surface area contributed by atoms with E-state index in [2.05, 4.69) is 15.6 Å². The third-order valence-corrected chi connectivity index (χ3v) is 4.84. The topological polar surface area (TPSA) is 48.9 Å². The Morgan fingerprint density at radius 3 is 2.52 bits per heavy atom. The van der Waals surface area contributed by atoms with Gasteiger partial charge in [0.15, 0.2) is 5.96 Å². The van der Waals surface area contributed by atoms with Crippen LogP contribution >= 0.6 is 0 Å². The molecule has 2 aromatic carbocycles. The summed E-state index contributed by atoms with van der Waals surface area (Å²) < 4.78 is 58.5. The molecule has 0 aromatic heterocycles. The van der Waals surface area contributed by atoms with Crippen LogP contribution in [0.2, 0.25) is 0 Å². The average molecular weight is 438 g/mol. The molecule has 0 atom stereocenters. The summed E-state index contributed by atoms with van der Waals surface area (Å²) in [7, 11) is 0. The number of guanidine groups is 1. The van der Waals surface area contributed by atoms with Gasteiger partial charge in [-0.25, -0.2) is 9.38 Å². The molecule has 0 saturated carbocycles. The molecule has 1 aliphatic rings. The van der Waals surface area contributed by atoms with E-state index in [4.69, 9.17) is 4.74 Å². The van der Waals surface area contributed by atoms with Crippen molar-refractivity contribution in [2.24, 2.45) is 4.99 Å². The molecule has 1 heterocycles. The lowest BCUT2D eigenvalue weighted by Gasteiger charge is -2.29. The van der Waals surface area contributed by atoms with E-state index in [0.29, 0.717) is 56.6 Å². The molecule has 5 nitrogen and oxygen atoms in total. The summed E-state index contributed by atoms with van der Waals surface area (Å²) in [5.74, 6) is 0.143. The van der Waals surface area contributed by atoms with Crippen molar-refractivity contribution in [1.29, 1.82) is 0 Å². The van der Waals surface area contributed by atoms with Crippen molar-refractivity contribution >= 4 is 11.6 Å². The molecule has 168 valence electrons. The first kappa shape index (κ1) is 22.9. The molecule has 1 saturated heterocycles. The molecule has 9 heteroatoms. The van der Waals surface area contributed by atoms with Gasteiger partial charge < -0.3 is 20.3 Å². The number of rotatable bonds is 6. The smallest absolute Gasteiger partial charge is 0.378 e. The Hall–Kier alpha value is -2.81. The fourth-order valence-electron chi connectivity index (χ4n) is 3.26. The molecule has 0 unspecified atom stereocenters. The first-order chi connectivity index (χ1) is 14.9. The molecular formula is C22H26F4N4O. The van der Waals surface area contributed by atoms with E-state index < -0.39 is 11.7 Å². The van der Waals surface area contributed by atoms with Gasteiger partial charge >= 0.3 is 6.18 Å². The number of anilines is 1. The van der Waals surface area contributed by atoms with Crippen LogP contribution in [0.4, 0.5) is 23.2 Å². The van der Waals surface area contributed by atoms with Crippen LogP contribution in [0.1, 0.15) is 23.6 Å².